The summed E-state index contributed by atoms with van der Waals surface area (Å²) in [5.41, 5.74) is 0. The summed E-state index contributed by atoms with van der Waals surface area (Å²) in [4.78, 5) is 20.3. The fourth-order valence-corrected chi connectivity index (χ4v) is 0.397. The Balaban J connectivity index is 0. The van der Waals surface area contributed by atoms with Gasteiger partial charge in [0.15, 0.2) is 0 Å². The molecule has 88 valence electrons. The number of carboxylic acid groups (broad SMARTS) is 1. The van der Waals surface area contributed by atoms with Gasteiger partial charge in [-0.2, -0.15) is 0 Å². The van der Waals surface area contributed by atoms with Crippen LogP contribution in [0.4, 0.5) is 0 Å². The van der Waals surface area contributed by atoms with Crippen LogP contribution >= 0.6 is 0 Å². The molecule has 0 bridgehead atoms. The van der Waals surface area contributed by atoms with Crippen molar-refractivity contribution < 1.29 is 24.2 Å². The summed E-state index contributed by atoms with van der Waals surface area (Å²) in [6.07, 6.45) is 5.57. The summed E-state index contributed by atoms with van der Waals surface area (Å²) in [5.74, 6) is -1.87. The molecule has 0 saturated carbocycles. The number of ether oxygens (including phenoxy) is 2. The lowest BCUT2D eigenvalue weighted by Gasteiger charge is -1.93. The summed E-state index contributed by atoms with van der Waals surface area (Å²) >= 11 is 0. The molecule has 16 heavy (non-hydrogen) atoms. The maximum Gasteiger partial charge on any atom is 0.331 e. The van der Waals surface area contributed by atoms with Gasteiger partial charge in [0.1, 0.15) is 6.61 Å². The average molecular weight is 226 g/mol. The normalized spacial score (nSPS) is 8.25. The van der Waals surface area contributed by atoms with E-state index in [0.29, 0.717) is 6.08 Å². The zero-order valence-corrected chi connectivity index (χ0v) is 8.80. The predicted octanol–water partition coefficient (Wildman–Crippen LogP) is 1.65. The third kappa shape index (κ3) is 17.7. The van der Waals surface area contributed by atoms with E-state index in [0.717, 1.165) is 6.08 Å². The molecule has 0 rings (SSSR count). The minimum absolute atomic E-state index is 0.0861. The van der Waals surface area contributed by atoms with Crippen molar-refractivity contribution in [2.24, 2.45) is 0 Å². The summed E-state index contributed by atoms with van der Waals surface area (Å²) in [6.45, 7) is 9.91. The van der Waals surface area contributed by atoms with Crippen molar-refractivity contribution in [3.8, 4) is 0 Å². The van der Waals surface area contributed by atoms with E-state index in [9.17, 15) is 9.59 Å². The highest BCUT2D eigenvalue weighted by molar-refractivity contribution is 5.90. The lowest BCUT2D eigenvalue weighted by molar-refractivity contribution is -0.137. The van der Waals surface area contributed by atoms with Crippen molar-refractivity contribution in [1.82, 2.24) is 0 Å². The topological polar surface area (TPSA) is 72.8 Å². The number of rotatable bonds is 6. The summed E-state index contributed by atoms with van der Waals surface area (Å²) < 4.78 is 8.80. The van der Waals surface area contributed by atoms with Gasteiger partial charge in [0, 0.05) is 12.2 Å². The minimum Gasteiger partial charge on any atom is -0.478 e. The second-order valence-electron chi connectivity index (χ2n) is 2.06. The van der Waals surface area contributed by atoms with Crippen LogP contribution in [-0.2, 0) is 19.1 Å². The molecule has 0 radical (unpaired) electrons. The monoisotopic (exact) mass is 226 g/mol. The van der Waals surface area contributed by atoms with Crippen molar-refractivity contribution in [1.29, 1.82) is 0 Å². The van der Waals surface area contributed by atoms with E-state index in [2.05, 4.69) is 29.2 Å². The smallest absolute Gasteiger partial charge is 0.331 e. The lowest BCUT2D eigenvalue weighted by atomic mass is 10.5. The number of carbonyl (C=O) groups is 2. The van der Waals surface area contributed by atoms with Crippen molar-refractivity contribution >= 4 is 11.9 Å². The van der Waals surface area contributed by atoms with Gasteiger partial charge in [-0.1, -0.05) is 25.8 Å². The minimum atomic E-state index is -1.18. The van der Waals surface area contributed by atoms with Gasteiger partial charge >= 0.3 is 11.9 Å². The van der Waals surface area contributed by atoms with Crippen LogP contribution in [0.3, 0.4) is 0 Å². The summed E-state index contributed by atoms with van der Waals surface area (Å²) in [5, 5.41) is 8.07. The maximum absolute atomic E-state index is 10.5. The first kappa shape index (κ1) is 16.1. The van der Waals surface area contributed by atoms with Crippen molar-refractivity contribution in [2.75, 3.05) is 6.61 Å². The summed E-state index contributed by atoms with van der Waals surface area (Å²) in [7, 11) is 0. The largest absolute Gasteiger partial charge is 0.478 e. The number of hydrogen-bond acceptors (Lipinski definition) is 4. The Hall–Kier alpha value is -2.30. The molecule has 0 unspecified atom stereocenters. The van der Waals surface area contributed by atoms with Crippen molar-refractivity contribution in [2.45, 2.75) is 0 Å². The molecular formula is C11H14O5. The number of hydrogen-bond donors (Lipinski definition) is 1. The van der Waals surface area contributed by atoms with Gasteiger partial charge in [0.25, 0.3) is 0 Å². The molecule has 1 N–H and O–H groups in total. The van der Waals surface area contributed by atoms with Gasteiger partial charge in [0.2, 0.25) is 0 Å². The Bertz CT molecular complexity index is 272. The molecule has 0 spiro atoms. The van der Waals surface area contributed by atoms with E-state index in [1.165, 1.54) is 18.6 Å². The van der Waals surface area contributed by atoms with Crippen LogP contribution in [0.15, 0.2) is 50.5 Å². The van der Waals surface area contributed by atoms with Crippen LogP contribution in [-0.4, -0.2) is 23.7 Å². The molecule has 0 amide bonds. The first-order valence-corrected chi connectivity index (χ1v) is 4.14. The molecule has 0 aliphatic heterocycles. The highest BCUT2D eigenvalue weighted by atomic mass is 16.5. The Morgan fingerprint density at radius 2 is 1.69 bits per heavy atom. The molecule has 0 heterocycles. The van der Waals surface area contributed by atoms with Gasteiger partial charge in [-0.25, -0.2) is 9.59 Å². The second-order valence-corrected chi connectivity index (χ2v) is 2.06. The van der Waals surface area contributed by atoms with Crippen LogP contribution in [0, 0.1) is 0 Å². The van der Waals surface area contributed by atoms with E-state index >= 15 is 0 Å². The van der Waals surface area contributed by atoms with E-state index in [-0.39, 0.29) is 6.61 Å². The van der Waals surface area contributed by atoms with Crippen LogP contribution in [0.5, 0.6) is 0 Å². The zero-order chi connectivity index (χ0) is 12.8. The van der Waals surface area contributed by atoms with Crippen LogP contribution in [0.1, 0.15) is 0 Å². The fraction of sp³-hybridized carbons (Fsp3) is 0.0909. The summed E-state index contributed by atoms with van der Waals surface area (Å²) in [6, 6.07) is 0. The highest BCUT2D eigenvalue weighted by Crippen LogP contribution is 1.81. The van der Waals surface area contributed by atoms with E-state index in [4.69, 9.17) is 5.11 Å². The van der Waals surface area contributed by atoms with Gasteiger partial charge in [0.05, 0.1) is 12.5 Å². The number of aliphatic carboxylic acids is 1. The molecule has 0 aromatic rings. The first-order valence-electron chi connectivity index (χ1n) is 4.14. The van der Waals surface area contributed by atoms with E-state index in [1.54, 1.807) is 0 Å². The van der Waals surface area contributed by atoms with Crippen LogP contribution in [0.25, 0.3) is 0 Å². The quantitative estimate of drug-likeness (QED) is 0.322. The highest BCUT2D eigenvalue weighted by Gasteiger charge is 1.94. The first-order chi connectivity index (χ1) is 7.58. The molecule has 0 aromatic carbocycles. The maximum atomic E-state index is 10.5. The molecule has 5 nitrogen and oxygen atoms in total. The van der Waals surface area contributed by atoms with Crippen molar-refractivity contribution in [3.05, 3.63) is 50.5 Å². The third-order valence-corrected chi connectivity index (χ3v) is 0.898. The number of carboxylic acids is 1. The van der Waals surface area contributed by atoms with Crippen LogP contribution in [0.2, 0.25) is 0 Å². The predicted molar refractivity (Wildman–Crippen MR) is 59.4 cm³/mol. The molecule has 0 aliphatic carbocycles. The SMILES string of the molecule is C=CCOC(=O)C=CC(=O)O.C=COC=C. The van der Waals surface area contributed by atoms with Gasteiger partial charge in [-0.15, -0.1) is 0 Å². The molecule has 5 heteroatoms. The molecule has 0 fully saturated rings. The third-order valence-electron chi connectivity index (χ3n) is 0.898. The Kier molecular flexibility index (Phi) is 12.8. The lowest BCUT2D eigenvalue weighted by Crippen LogP contribution is -2.01. The number of carbonyl (C=O) groups excluding carboxylic acids is 1. The molecular weight excluding hydrogens is 212 g/mol. The molecule has 0 saturated heterocycles. The van der Waals surface area contributed by atoms with Gasteiger partial charge in [-0.3, -0.25) is 0 Å². The molecule has 0 aliphatic rings. The van der Waals surface area contributed by atoms with Crippen LogP contribution < -0.4 is 0 Å². The van der Waals surface area contributed by atoms with E-state index in [1.807, 2.05) is 0 Å². The zero-order valence-electron chi connectivity index (χ0n) is 8.80. The second kappa shape index (κ2) is 12.7. The van der Waals surface area contributed by atoms with Gasteiger partial charge < -0.3 is 14.6 Å². The molecule has 0 atom stereocenters. The molecule has 0 aromatic heterocycles. The average Bonchev–Trinajstić information content (AvgIpc) is 2.25. The Morgan fingerprint density at radius 1 is 1.12 bits per heavy atom. The standard InChI is InChI=1S/C7H8O4.C4H6O/c1-2-5-11-7(10)4-3-6(8)9;1-3-5-4-2/h2-4H,1,5H2,(H,8,9);3-4H,1-2H2. The number of esters is 1. The van der Waals surface area contributed by atoms with E-state index < -0.39 is 11.9 Å². The fourth-order valence-electron chi connectivity index (χ4n) is 0.397. The Morgan fingerprint density at radius 3 is 2.00 bits per heavy atom. The Labute approximate surface area is 94.0 Å². The van der Waals surface area contributed by atoms with Crippen molar-refractivity contribution in [3.63, 3.8) is 0 Å². The van der Waals surface area contributed by atoms with Gasteiger partial charge in [-0.05, 0) is 0 Å².